The van der Waals surface area contributed by atoms with Crippen molar-refractivity contribution in [1.82, 2.24) is 9.55 Å². The molecule has 0 aromatic carbocycles. The number of nitrogens with two attached hydrogens (primary N) is 1. The number of nitrogens with one attached hydrogen (secondary N) is 1. The summed E-state index contributed by atoms with van der Waals surface area (Å²) < 4.78 is 6.29. The van der Waals surface area contributed by atoms with Crippen LogP contribution in [0.25, 0.3) is 0 Å². The molecular weight excluding hydrogens is 296 g/mol. The van der Waals surface area contributed by atoms with Crippen molar-refractivity contribution in [3.63, 3.8) is 0 Å². The van der Waals surface area contributed by atoms with Gasteiger partial charge in [-0.3, -0.25) is 9.36 Å². The van der Waals surface area contributed by atoms with Crippen molar-refractivity contribution in [3.8, 4) is 0 Å². The third-order valence-electron chi connectivity index (χ3n) is 3.63. The first kappa shape index (κ1) is 16.4. The lowest BCUT2D eigenvalue weighted by atomic mass is 9.88. The first-order valence-electron chi connectivity index (χ1n) is 6.55. The Kier molecular flexibility index (Phi) is 4.47. The summed E-state index contributed by atoms with van der Waals surface area (Å²) in [4.78, 5) is 26.7. The molecule has 122 valence electrons. The molecular formula is C12H18N4O6. The van der Waals surface area contributed by atoms with Crippen LogP contribution in [0.1, 0.15) is 12.6 Å². The van der Waals surface area contributed by atoms with Gasteiger partial charge in [-0.2, -0.15) is 4.98 Å². The minimum Gasteiger partial charge on any atom is -0.394 e. The van der Waals surface area contributed by atoms with Crippen LogP contribution in [0.4, 0.5) is 5.82 Å². The molecule has 0 radical (unpaired) electrons. The van der Waals surface area contributed by atoms with Gasteiger partial charge in [-0.05, 0) is 6.07 Å². The Morgan fingerprint density at radius 1 is 1.64 bits per heavy atom. The summed E-state index contributed by atoms with van der Waals surface area (Å²) in [6, 6.07) is 1.47. The number of hydrogen-bond donors (Lipinski definition) is 5. The second kappa shape index (κ2) is 6.01. The van der Waals surface area contributed by atoms with Crippen LogP contribution in [0.5, 0.6) is 0 Å². The summed E-state index contributed by atoms with van der Waals surface area (Å²) in [7, 11) is 1.58. The summed E-state index contributed by atoms with van der Waals surface area (Å²) in [6.45, 7) is -0.659. The molecule has 0 unspecified atom stereocenters. The molecule has 1 aliphatic rings. The fourth-order valence-corrected chi connectivity index (χ4v) is 2.46. The number of carbonyl (C=O) groups excluding carboxylic acids is 1. The highest BCUT2D eigenvalue weighted by atomic mass is 16.6. The summed E-state index contributed by atoms with van der Waals surface area (Å²) in [5, 5.41) is 32.7. The minimum atomic E-state index is -2.09. The molecule has 0 spiro atoms. The Morgan fingerprint density at radius 3 is 2.82 bits per heavy atom. The van der Waals surface area contributed by atoms with E-state index in [1.54, 1.807) is 7.05 Å². The highest BCUT2D eigenvalue weighted by Gasteiger charge is 2.56. The molecule has 22 heavy (non-hydrogen) atoms. The van der Waals surface area contributed by atoms with Gasteiger partial charge in [-0.1, -0.05) is 0 Å². The summed E-state index contributed by atoms with van der Waals surface area (Å²) in [6.07, 6.45) is -3.51. The van der Waals surface area contributed by atoms with Gasteiger partial charge < -0.3 is 31.1 Å². The lowest BCUT2D eigenvalue weighted by Gasteiger charge is -2.28. The lowest BCUT2D eigenvalue weighted by molar-refractivity contribution is -0.134. The van der Waals surface area contributed by atoms with Crippen LogP contribution in [-0.2, 0) is 9.53 Å². The molecule has 1 aromatic heterocycles. The van der Waals surface area contributed by atoms with Gasteiger partial charge in [0.05, 0.1) is 13.0 Å². The minimum absolute atomic E-state index is 0.319. The molecule has 6 N–H and O–H groups in total. The van der Waals surface area contributed by atoms with Crippen LogP contribution in [0.15, 0.2) is 17.1 Å². The van der Waals surface area contributed by atoms with Crippen molar-refractivity contribution in [3.05, 3.63) is 22.7 Å². The van der Waals surface area contributed by atoms with E-state index in [-0.39, 0.29) is 0 Å². The molecule has 1 aliphatic heterocycles. The first-order chi connectivity index (χ1) is 10.3. The van der Waals surface area contributed by atoms with E-state index < -0.39 is 48.7 Å². The average Bonchev–Trinajstić information content (AvgIpc) is 2.70. The Morgan fingerprint density at radius 2 is 2.32 bits per heavy atom. The topological polar surface area (TPSA) is 160 Å². The fourth-order valence-electron chi connectivity index (χ4n) is 2.46. The van der Waals surface area contributed by atoms with E-state index in [9.17, 15) is 24.9 Å². The van der Waals surface area contributed by atoms with Crippen LogP contribution >= 0.6 is 0 Å². The van der Waals surface area contributed by atoms with Crippen LogP contribution in [-0.4, -0.2) is 62.2 Å². The van der Waals surface area contributed by atoms with E-state index in [1.165, 1.54) is 12.3 Å². The second-order valence-electron chi connectivity index (χ2n) is 5.03. The molecule has 0 saturated carbocycles. The molecule has 2 rings (SSSR count). The van der Waals surface area contributed by atoms with Gasteiger partial charge in [0.15, 0.2) is 6.23 Å². The van der Waals surface area contributed by atoms with Crippen LogP contribution in [0.3, 0.4) is 0 Å². The van der Waals surface area contributed by atoms with Gasteiger partial charge in [0, 0.05) is 13.2 Å². The molecule has 0 aliphatic carbocycles. The lowest BCUT2D eigenvalue weighted by Crippen LogP contribution is -2.51. The molecule has 10 heteroatoms. The zero-order valence-electron chi connectivity index (χ0n) is 11.8. The van der Waals surface area contributed by atoms with E-state index in [0.29, 0.717) is 5.82 Å². The smallest absolute Gasteiger partial charge is 0.351 e. The van der Waals surface area contributed by atoms with Gasteiger partial charge in [0.2, 0.25) is 5.91 Å². The summed E-state index contributed by atoms with van der Waals surface area (Å²) in [5.74, 6) is -0.555. The zero-order valence-corrected chi connectivity index (χ0v) is 11.8. The predicted octanol–water partition coefficient (Wildman–Crippen LogP) is -2.86. The summed E-state index contributed by atoms with van der Waals surface area (Å²) >= 11 is 0. The molecule has 1 saturated heterocycles. The molecule has 10 nitrogen and oxygen atoms in total. The number of amides is 1. The van der Waals surface area contributed by atoms with E-state index in [0.717, 1.165) is 4.57 Å². The van der Waals surface area contributed by atoms with Gasteiger partial charge in [-0.15, -0.1) is 0 Å². The zero-order chi connectivity index (χ0) is 16.5. The van der Waals surface area contributed by atoms with Gasteiger partial charge in [-0.25, -0.2) is 4.79 Å². The second-order valence-corrected chi connectivity index (χ2v) is 5.03. The molecule has 0 bridgehead atoms. The quantitative estimate of drug-likeness (QED) is 0.388. The monoisotopic (exact) mass is 314 g/mol. The molecule has 1 aromatic rings. The van der Waals surface area contributed by atoms with Crippen LogP contribution < -0.4 is 16.7 Å². The number of ether oxygens (including phenoxy) is 1. The number of anilines is 1. The van der Waals surface area contributed by atoms with Crippen molar-refractivity contribution in [2.75, 3.05) is 19.0 Å². The van der Waals surface area contributed by atoms with E-state index in [4.69, 9.17) is 10.5 Å². The van der Waals surface area contributed by atoms with Crippen molar-refractivity contribution in [1.29, 1.82) is 0 Å². The Balaban J connectivity index is 2.38. The Bertz CT molecular complexity index is 620. The molecule has 1 fully saturated rings. The fraction of sp³-hybridized carbons (Fsp3) is 0.583. The Labute approximate surface area is 125 Å². The highest BCUT2D eigenvalue weighted by molar-refractivity contribution is 5.75. The standard InChI is InChI=1S/C12H18N4O6/c1-14-8-2-3-16(11(20)15-8)10-9(19)12(21,4-7(13)18)6(5-17)22-10/h2-3,6,9-10,17,19,21H,4-5H2,1H3,(H2,13,18)(H,14,15,20)/t6-,9+,10-,12-/m1/s1. The van der Waals surface area contributed by atoms with Crippen molar-refractivity contribution >= 4 is 11.7 Å². The molecule has 2 heterocycles. The molecule has 4 atom stereocenters. The molecule has 1 amide bonds. The maximum absolute atomic E-state index is 11.9. The number of aromatic nitrogens is 2. The number of hydrogen-bond acceptors (Lipinski definition) is 8. The third kappa shape index (κ3) is 2.68. The van der Waals surface area contributed by atoms with Gasteiger partial charge in [0.1, 0.15) is 23.6 Å². The van der Waals surface area contributed by atoms with Crippen LogP contribution in [0.2, 0.25) is 0 Å². The van der Waals surface area contributed by atoms with Crippen molar-refractivity contribution in [2.45, 2.75) is 30.5 Å². The SMILES string of the molecule is CNc1ccn([C@@H]2O[C@H](CO)[C@](O)(CC(N)=O)[C@H]2O)c(=O)n1. The maximum atomic E-state index is 11.9. The highest BCUT2D eigenvalue weighted by Crippen LogP contribution is 2.38. The van der Waals surface area contributed by atoms with Gasteiger partial charge in [0.25, 0.3) is 0 Å². The van der Waals surface area contributed by atoms with Gasteiger partial charge >= 0.3 is 5.69 Å². The number of aliphatic hydroxyl groups is 3. The van der Waals surface area contributed by atoms with E-state index in [2.05, 4.69) is 10.3 Å². The van der Waals surface area contributed by atoms with E-state index >= 15 is 0 Å². The number of nitrogens with zero attached hydrogens (tertiary/aromatic N) is 2. The van der Waals surface area contributed by atoms with E-state index in [1.807, 2.05) is 0 Å². The number of rotatable bonds is 5. The first-order valence-corrected chi connectivity index (χ1v) is 6.55. The van der Waals surface area contributed by atoms with Crippen molar-refractivity contribution < 1.29 is 24.9 Å². The number of aliphatic hydroxyl groups excluding tert-OH is 2. The largest absolute Gasteiger partial charge is 0.394 e. The summed E-state index contributed by atoms with van der Waals surface area (Å²) in [5.41, 5.74) is 2.24. The maximum Gasteiger partial charge on any atom is 0.351 e. The number of primary amides is 1. The Hall–Kier alpha value is -2.01. The normalized spacial score (nSPS) is 31.2. The predicted molar refractivity (Wildman–Crippen MR) is 73.8 cm³/mol. The third-order valence-corrected chi connectivity index (χ3v) is 3.63. The van der Waals surface area contributed by atoms with Crippen molar-refractivity contribution in [2.24, 2.45) is 5.73 Å². The average molecular weight is 314 g/mol. The number of carbonyl (C=O) groups is 1. The van der Waals surface area contributed by atoms with Crippen LogP contribution in [0, 0.1) is 0 Å².